The smallest absolute Gasteiger partial charge is 0.257 e. The number of likely N-dealkylation sites (tertiary alicyclic amines) is 1. The van der Waals surface area contributed by atoms with Crippen LogP contribution in [0, 0.1) is 0 Å². The highest BCUT2D eigenvalue weighted by Crippen LogP contribution is 2.42. The largest absolute Gasteiger partial charge is 0.485 e. The molecule has 2 fully saturated rings. The van der Waals surface area contributed by atoms with Crippen molar-refractivity contribution in [2.45, 2.75) is 32.2 Å². The molecule has 0 unspecified atom stereocenters. The zero-order valence-corrected chi connectivity index (χ0v) is 22.9. The first kappa shape index (κ1) is 26.0. The summed E-state index contributed by atoms with van der Waals surface area (Å²) in [4.78, 5) is 30.4. The summed E-state index contributed by atoms with van der Waals surface area (Å²) in [5.41, 5.74) is 1.76. The van der Waals surface area contributed by atoms with E-state index in [0.29, 0.717) is 64.4 Å². The molecule has 2 saturated heterocycles. The fourth-order valence-electron chi connectivity index (χ4n) is 5.49. The Kier molecular flexibility index (Phi) is 7.62. The van der Waals surface area contributed by atoms with E-state index in [1.807, 2.05) is 11.0 Å². The van der Waals surface area contributed by atoms with Crippen LogP contribution in [0.3, 0.4) is 0 Å². The third-order valence-electron chi connectivity index (χ3n) is 7.50. The first-order valence-corrected chi connectivity index (χ1v) is 14.1. The van der Waals surface area contributed by atoms with Gasteiger partial charge >= 0.3 is 0 Å². The predicted molar refractivity (Wildman–Crippen MR) is 150 cm³/mol. The van der Waals surface area contributed by atoms with Crippen LogP contribution >= 0.6 is 11.6 Å². The predicted octanol–water partition coefficient (Wildman–Crippen LogP) is 3.88. The van der Waals surface area contributed by atoms with Gasteiger partial charge < -0.3 is 34.7 Å². The van der Waals surface area contributed by atoms with Gasteiger partial charge in [0.05, 0.1) is 34.9 Å². The number of rotatable bonds is 7. The van der Waals surface area contributed by atoms with Crippen molar-refractivity contribution in [3.63, 3.8) is 0 Å². The van der Waals surface area contributed by atoms with Crippen molar-refractivity contribution < 1.29 is 19.0 Å². The van der Waals surface area contributed by atoms with E-state index < -0.39 is 0 Å². The average Bonchev–Trinajstić information content (AvgIpc) is 3.36. The van der Waals surface area contributed by atoms with Crippen LogP contribution in [0.2, 0.25) is 5.02 Å². The van der Waals surface area contributed by atoms with E-state index in [2.05, 4.69) is 37.4 Å². The Bertz CT molecular complexity index is 1340. The minimum atomic E-state index is -0.0338. The molecule has 1 aromatic carbocycles. The summed E-state index contributed by atoms with van der Waals surface area (Å²) < 4.78 is 17.5. The maximum Gasteiger partial charge on any atom is 0.257 e. The lowest BCUT2D eigenvalue weighted by atomic mass is 10.0. The van der Waals surface area contributed by atoms with E-state index in [9.17, 15) is 4.79 Å². The van der Waals surface area contributed by atoms with Crippen LogP contribution in [0.4, 0.5) is 17.5 Å². The number of aromatic nitrogens is 3. The monoisotopic (exact) mass is 555 g/mol. The second-order valence-corrected chi connectivity index (χ2v) is 10.4. The van der Waals surface area contributed by atoms with Crippen LogP contribution in [0.1, 0.15) is 36.5 Å². The number of ether oxygens (including phenoxy) is 3. The quantitative estimate of drug-likeness (QED) is 0.399. The van der Waals surface area contributed by atoms with Gasteiger partial charge in [-0.2, -0.15) is 9.97 Å². The van der Waals surface area contributed by atoms with E-state index >= 15 is 0 Å². The minimum Gasteiger partial charge on any atom is -0.485 e. The summed E-state index contributed by atoms with van der Waals surface area (Å²) >= 11 is 6.37. The van der Waals surface area contributed by atoms with Crippen LogP contribution in [0.5, 0.6) is 11.5 Å². The third-order valence-corrected chi connectivity index (χ3v) is 7.80. The Hall–Kier alpha value is -3.28. The van der Waals surface area contributed by atoms with E-state index in [-0.39, 0.29) is 5.91 Å². The van der Waals surface area contributed by atoms with Crippen molar-refractivity contribution in [1.82, 2.24) is 24.8 Å². The molecule has 0 atom stereocenters. The summed E-state index contributed by atoms with van der Waals surface area (Å²) in [6, 6.07) is 4.13. The van der Waals surface area contributed by atoms with E-state index in [1.54, 1.807) is 12.3 Å². The summed E-state index contributed by atoms with van der Waals surface area (Å²) in [5.74, 6) is 1.94. The fraction of sp³-hybridized carbons (Fsp3) is 0.519. The number of fused-ring (bicyclic) bond motifs is 2. The molecule has 2 aromatic heterocycles. The number of halogens is 1. The summed E-state index contributed by atoms with van der Waals surface area (Å²) in [7, 11) is 0. The maximum absolute atomic E-state index is 13.6. The molecular weight excluding hydrogens is 522 g/mol. The van der Waals surface area contributed by atoms with Crippen LogP contribution < -0.4 is 20.1 Å². The lowest BCUT2D eigenvalue weighted by Crippen LogP contribution is -2.50. The molecule has 3 aliphatic rings. The van der Waals surface area contributed by atoms with Crippen molar-refractivity contribution >= 4 is 46.0 Å². The number of morpholine rings is 1. The van der Waals surface area contributed by atoms with Gasteiger partial charge in [-0.1, -0.05) is 18.5 Å². The van der Waals surface area contributed by atoms with Gasteiger partial charge in [0.1, 0.15) is 24.7 Å². The van der Waals surface area contributed by atoms with Gasteiger partial charge in [-0.3, -0.25) is 9.69 Å². The van der Waals surface area contributed by atoms with Crippen molar-refractivity contribution in [2.75, 3.05) is 69.8 Å². The molecule has 3 aromatic rings. The SMILES string of the molecule is CCCNc1nc(Nc2ccc(C(=O)N3CCC(N4CCOCC4)CC3)c3c2OCCO3)nc2[nH]cc(Cl)c12. The highest BCUT2D eigenvalue weighted by atomic mass is 35.5. The molecule has 1 amide bonds. The van der Waals surface area contributed by atoms with Crippen molar-refractivity contribution in [3.05, 3.63) is 28.9 Å². The molecular formula is C27H34ClN7O4. The number of hydrogen-bond acceptors (Lipinski definition) is 9. The minimum absolute atomic E-state index is 0.0338. The van der Waals surface area contributed by atoms with Crippen molar-refractivity contribution in [2.24, 2.45) is 0 Å². The number of carbonyl (C=O) groups is 1. The molecule has 0 bridgehead atoms. The molecule has 0 aliphatic carbocycles. The Morgan fingerprint density at radius 3 is 2.62 bits per heavy atom. The zero-order valence-electron chi connectivity index (χ0n) is 22.1. The van der Waals surface area contributed by atoms with Crippen molar-refractivity contribution in [1.29, 1.82) is 0 Å². The Morgan fingerprint density at radius 1 is 1.08 bits per heavy atom. The number of benzene rings is 1. The molecule has 39 heavy (non-hydrogen) atoms. The van der Waals surface area contributed by atoms with E-state index in [1.165, 1.54) is 0 Å². The summed E-state index contributed by atoms with van der Waals surface area (Å²) in [6.45, 7) is 8.55. The number of hydrogen-bond donors (Lipinski definition) is 3. The van der Waals surface area contributed by atoms with Gasteiger partial charge in [0.25, 0.3) is 5.91 Å². The molecule has 11 nitrogen and oxygen atoms in total. The zero-order chi connectivity index (χ0) is 26.8. The molecule has 6 rings (SSSR count). The number of anilines is 3. The molecule has 0 spiro atoms. The number of nitrogens with one attached hydrogen (secondary N) is 3. The van der Waals surface area contributed by atoms with Gasteiger partial charge in [-0.25, -0.2) is 0 Å². The highest BCUT2D eigenvalue weighted by molar-refractivity contribution is 6.36. The van der Waals surface area contributed by atoms with Crippen LogP contribution in [0.25, 0.3) is 11.0 Å². The third kappa shape index (κ3) is 5.30. The van der Waals surface area contributed by atoms with Crippen LogP contribution in [-0.4, -0.2) is 95.9 Å². The van der Waals surface area contributed by atoms with Gasteiger partial charge in [0.2, 0.25) is 5.95 Å². The van der Waals surface area contributed by atoms with Crippen LogP contribution in [0.15, 0.2) is 18.3 Å². The number of amides is 1. The Morgan fingerprint density at radius 2 is 1.85 bits per heavy atom. The second kappa shape index (κ2) is 11.4. The van der Waals surface area contributed by atoms with Gasteiger partial charge in [-0.05, 0) is 31.4 Å². The Balaban J connectivity index is 1.22. The number of carbonyl (C=O) groups excluding carboxylic acids is 1. The van der Waals surface area contributed by atoms with Gasteiger partial charge in [-0.15, -0.1) is 0 Å². The van der Waals surface area contributed by atoms with Crippen LogP contribution in [-0.2, 0) is 4.74 Å². The number of H-pyrrole nitrogens is 1. The molecule has 0 radical (unpaired) electrons. The molecule has 208 valence electrons. The Labute approximate surface area is 232 Å². The topological polar surface area (TPSA) is 117 Å². The summed E-state index contributed by atoms with van der Waals surface area (Å²) in [6.07, 6.45) is 4.56. The molecule has 3 aliphatic heterocycles. The number of nitrogens with zero attached hydrogens (tertiary/aromatic N) is 4. The first-order chi connectivity index (χ1) is 19.1. The lowest BCUT2D eigenvalue weighted by molar-refractivity contribution is 0.00152. The summed E-state index contributed by atoms with van der Waals surface area (Å²) in [5, 5.41) is 7.90. The average molecular weight is 556 g/mol. The molecule has 0 saturated carbocycles. The number of piperidine rings is 1. The van der Waals surface area contributed by atoms with E-state index in [0.717, 1.165) is 70.6 Å². The molecule has 12 heteroatoms. The molecule has 5 heterocycles. The highest BCUT2D eigenvalue weighted by Gasteiger charge is 2.31. The van der Waals surface area contributed by atoms with E-state index in [4.69, 9.17) is 25.8 Å². The first-order valence-electron chi connectivity index (χ1n) is 13.7. The molecule has 3 N–H and O–H groups in total. The standard InChI is InChI=1S/C27H34ClN7O4/c1-2-7-29-24-21-19(28)16-30-25(21)33-27(32-24)31-20-4-3-18(22-23(20)39-15-14-38-22)26(36)35-8-5-17(6-9-35)34-10-12-37-13-11-34/h3-4,16-17H,2,5-15H2,1H3,(H3,29,30,31,32,33). The van der Waals surface area contributed by atoms with Gasteiger partial charge in [0.15, 0.2) is 11.5 Å². The second-order valence-electron chi connectivity index (χ2n) is 10.00. The lowest BCUT2D eigenvalue weighted by Gasteiger charge is -2.40. The van der Waals surface area contributed by atoms with Crippen molar-refractivity contribution in [3.8, 4) is 11.5 Å². The number of aromatic amines is 1. The fourth-order valence-corrected chi connectivity index (χ4v) is 5.73. The van der Waals surface area contributed by atoms with Gasteiger partial charge in [0, 0.05) is 45.0 Å². The maximum atomic E-state index is 13.6. The normalized spacial score (nSPS) is 18.4.